The minimum atomic E-state index is -0.0978. The Morgan fingerprint density at radius 1 is 0.575 bits per heavy atom. The van der Waals surface area contributed by atoms with E-state index in [0.29, 0.717) is 17.8 Å². The molecule has 0 N–H and O–H groups in total. The SMILES string of the molecule is Cc1ccc2c(c1)-c1cc(C)ccc1C2C1=NC2=NC(c3ccccc3)=CC3=CC(c4ccccc4)=NC(=N1)N32. The molecule has 0 aromatic heterocycles. The van der Waals surface area contributed by atoms with Crippen LogP contribution < -0.4 is 0 Å². The molecule has 5 heteroatoms. The van der Waals surface area contributed by atoms with E-state index in [-0.39, 0.29) is 5.92 Å². The zero-order valence-electron chi connectivity index (χ0n) is 22.2. The molecule has 0 saturated heterocycles. The Bertz CT molecular complexity index is 1820. The highest BCUT2D eigenvalue weighted by molar-refractivity contribution is 6.25. The van der Waals surface area contributed by atoms with Crippen LogP contribution in [0.4, 0.5) is 0 Å². The number of guanidine groups is 2. The third kappa shape index (κ3) is 3.55. The van der Waals surface area contributed by atoms with E-state index in [4.69, 9.17) is 20.0 Å². The van der Waals surface area contributed by atoms with E-state index in [9.17, 15) is 0 Å². The van der Waals surface area contributed by atoms with E-state index >= 15 is 0 Å². The highest BCUT2D eigenvalue weighted by atomic mass is 15.4. The van der Waals surface area contributed by atoms with Crippen LogP contribution in [0.3, 0.4) is 0 Å². The first-order valence-corrected chi connectivity index (χ1v) is 13.5. The molecule has 4 aromatic rings. The molecule has 3 aliphatic heterocycles. The van der Waals surface area contributed by atoms with Gasteiger partial charge in [0.1, 0.15) is 5.84 Å². The van der Waals surface area contributed by atoms with Gasteiger partial charge < -0.3 is 0 Å². The number of allylic oxidation sites excluding steroid dienone is 2. The summed E-state index contributed by atoms with van der Waals surface area (Å²) < 4.78 is 0. The molecule has 0 saturated carbocycles. The second kappa shape index (κ2) is 8.68. The molecule has 0 atom stereocenters. The van der Waals surface area contributed by atoms with Gasteiger partial charge in [0, 0.05) is 11.1 Å². The minimum absolute atomic E-state index is 0.0978. The molecule has 5 nitrogen and oxygen atoms in total. The van der Waals surface area contributed by atoms with Gasteiger partial charge in [-0.3, -0.25) is 0 Å². The summed E-state index contributed by atoms with van der Waals surface area (Å²) in [6.45, 7) is 4.28. The summed E-state index contributed by atoms with van der Waals surface area (Å²) in [5.41, 5.74) is 12.2. The lowest BCUT2D eigenvalue weighted by molar-refractivity contribution is 0.733. The van der Waals surface area contributed by atoms with Gasteiger partial charge in [-0.05, 0) is 48.3 Å². The van der Waals surface area contributed by atoms with Gasteiger partial charge >= 0.3 is 0 Å². The number of hydrogen-bond acceptors (Lipinski definition) is 5. The summed E-state index contributed by atoms with van der Waals surface area (Å²) in [6, 6.07) is 33.9. The van der Waals surface area contributed by atoms with E-state index in [1.807, 2.05) is 41.3 Å². The molecule has 0 fully saturated rings. The predicted octanol–water partition coefficient (Wildman–Crippen LogP) is 7.28. The number of fused-ring (bicyclic) bond motifs is 3. The van der Waals surface area contributed by atoms with Crippen LogP contribution in [0.2, 0.25) is 0 Å². The van der Waals surface area contributed by atoms with Crippen molar-refractivity contribution < 1.29 is 0 Å². The maximum atomic E-state index is 5.14. The fourth-order valence-electron chi connectivity index (χ4n) is 5.93. The third-order valence-corrected chi connectivity index (χ3v) is 7.82. The molecule has 3 heterocycles. The number of benzene rings is 4. The standard InChI is InChI=1S/C35H25N5/c1-21-13-15-26-28(17-21)29-18-22(2)14-16-27(29)32(26)33-38-34-36-30(23-9-5-3-6-10-23)19-25-20-31(24-11-7-4-8-12-24)37-35(39-33)40(25)34/h3-20,32H,1-2H3. The Hall–Kier alpha value is -5.16. The maximum absolute atomic E-state index is 5.14. The Balaban J connectivity index is 1.35. The summed E-state index contributed by atoms with van der Waals surface area (Å²) in [7, 11) is 0. The predicted molar refractivity (Wildman–Crippen MR) is 163 cm³/mol. The lowest BCUT2D eigenvalue weighted by Gasteiger charge is -2.33. The average molecular weight is 516 g/mol. The lowest BCUT2D eigenvalue weighted by atomic mass is 9.94. The molecule has 0 bridgehead atoms. The van der Waals surface area contributed by atoms with Crippen LogP contribution in [-0.2, 0) is 0 Å². The van der Waals surface area contributed by atoms with E-state index in [0.717, 1.165) is 28.2 Å². The summed E-state index contributed by atoms with van der Waals surface area (Å²) in [5.74, 6) is 1.80. The van der Waals surface area contributed by atoms with Gasteiger partial charge in [0.2, 0.25) is 11.9 Å². The number of aliphatic imine (C=N–C) groups is 4. The lowest BCUT2D eigenvalue weighted by Crippen LogP contribution is -2.42. The smallest absolute Gasteiger partial charge is 0.239 e. The number of nitrogens with zero attached hydrogens (tertiary/aromatic N) is 5. The maximum Gasteiger partial charge on any atom is 0.239 e. The summed E-state index contributed by atoms with van der Waals surface area (Å²) in [5, 5.41) is 0. The third-order valence-electron chi connectivity index (χ3n) is 7.82. The first-order valence-electron chi connectivity index (χ1n) is 13.5. The zero-order chi connectivity index (χ0) is 26.8. The van der Waals surface area contributed by atoms with Gasteiger partial charge in [-0.2, -0.15) is 9.98 Å². The highest BCUT2D eigenvalue weighted by Gasteiger charge is 2.38. The van der Waals surface area contributed by atoms with Crippen molar-refractivity contribution in [3.63, 3.8) is 0 Å². The van der Waals surface area contributed by atoms with E-state index in [1.165, 1.54) is 33.4 Å². The first kappa shape index (κ1) is 22.8. The summed E-state index contributed by atoms with van der Waals surface area (Å²) in [4.78, 5) is 22.3. The van der Waals surface area contributed by atoms with Gasteiger partial charge in [-0.25, -0.2) is 14.9 Å². The summed E-state index contributed by atoms with van der Waals surface area (Å²) in [6.07, 6.45) is 4.19. The van der Waals surface area contributed by atoms with Crippen LogP contribution >= 0.6 is 0 Å². The molecule has 0 amide bonds. The van der Waals surface area contributed by atoms with Crippen molar-refractivity contribution in [2.24, 2.45) is 20.0 Å². The van der Waals surface area contributed by atoms with Crippen LogP contribution in [0.1, 0.15) is 39.3 Å². The Kier molecular flexibility index (Phi) is 4.95. The van der Waals surface area contributed by atoms with Crippen LogP contribution in [0.5, 0.6) is 0 Å². The molecule has 0 spiro atoms. The highest BCUT2D eigenvalue weighted by Crippen LogP contribution is 2.47. The van der Waals surface area contributed by atoms with Gasteiger partial charge in [0.25, 0.3) is 0 Å². The molecule has 40 heavy (non-hydrogen) atoms. The van der Waals surface area contributed by atoms with Crippen molar-refractivity contribution >= 4 is 29.2 Å². The van der Waals surface area contributed by atoms with Crippen molar-refractivity contribution in [2.45, 2.75) is 19.8 Å². The van der Waals surface area contributed by atoms with Crippen molar-refractivity contribution in [2.75, 3.05) is 0 Å². The van der Waals surface area contributed by atoms with Crippen molar-refractivity contribution in [3.8, 4) is 11.1 Å². The van der Waals surface area contributed by atoms with Crippen LogP contribution in [0, 0.1) is 13.8 Å². The van der Waals surface area contributed by atoms with Crippen molar-refractivity contribution in [3.05, 3.63) is 148 Å². The van der Waals surface area contributed by atoms with Gasteiger partial charge in [0.15, 0.2) is 0 Å². The number of amidine groups is 1. The molecule has 190 valence electrons. The van der Waals surface area contributed by atoms with Crippen LogP contribution in [-0.4, -0.2) is 28.4 Å². The van der Waals surface area contributed by atoms with Crippen LogP contribution in [0.25, 0.3) is 16.8 Å². The number of hydrogen-bond donors (Lipinski definition) is 0. The largest absolute Gasteiger partial charge is 0.246 e. The normalized spacial score (nSPS) is 17.0. The fourth-order valence-corrected chi connectivity index (χ4v) is 5.93. The fraction of sp³-hybridized carbons (Fsp3) is 0.0857. The van der Waals surface area contributed by atoms with Gasteiger partial charge in [-0.15, -0.1) is 0 Å². The molecule has 4 aromatic carbocycles. The van der Waals surface area contributed by atoms with Crippen molar-refractivity contribution in [1.82, 2.24) is 4.90 Å². The molecule has 0 radical (unpaired) electrons. The topological polar surface area (TPSA) is 52.7 Å². The Morgan fingerprint density at radius 2 is 1.18 bits per heavy atom. The monoisotopic (exact) mass is 515 g/mol. The zero-order valence-corrected chi connectivity index (χ0v) is 22.2. The van der Waals surface area contributed by atoms with E-state index in [1.54, 1.807) is 0 Å². The molecular weight excluding hydrogens is 490 g/mol. The second-order valence-corrected chi connectivity index (χ2v) is 10.6. The Morgan fingerprint density at radius 3 is 1.82 bits per heavy atom. The number of aryl methyl sites for hydroxylation is 2. The number of rotatable bonds is 3. The second-order valence-electron chi connectivity index (χ2n) is 10.6. The molecule has 8 rings (SSSR count). The van der Waals surface area contributed by atoms with Crippen molar-refractivity contribution in [1.29, 1.82) is 0 Å². The molecule has 4 aliphatic rings. The van der Waals surface area contributed by atoms with Gasteiger partial charge in [-0.1, -0.05) is 108 Å². The Labute approximate surface area is 233 Å². The van der Waals surface area contributed by atoms with Crippen LogP contribution in [0.15, 0.2) is 135 Å². The summed E-state index contributed by atoms with van der Waals surface area (Å²) >= 11 is 0. The first-order chi connectivity index (χ1) is 19.6. The molecule has 0 unspecified atom stereocenters. The van der Waals surface area contributed by atoms with E-state index < -0.39 is 0 Å². The van der Waals surface area contributed by atoms with Gasteiger partial charge in [0.05, 0.1) is 23.0 Å². The minimum Gasteiger partial charge on any atom is -0.246 e. The average Bonchev–Trinajstić information content (AvgIpc) is 3.30. The quantitative estimate of drug-likeness (QED) is 0.283. The van der Waals surface area contributed by atoms with E-state index in [2.05, 4.69) is 86.7 Å². The molecule has 1 aliphatic carbocycles. The molecular formula is C35H25N5.